The summed E-state index contributed by atoms with van der Waals surface area (Å²) in [5, 5.41) is 3.54. The van der Waals surface area contributed by atoms with E-state index in [9.17, 15) is 0 Å². The van der Waals surface area contributed by atoms with Gasteiger partial charge in [0.05, 0.1) is 6.10 Å². The minimum absolute atomic E-state index is 0.402. The summed E-state index contributed by atoms with van der Waals surface area (Å²) in [5.74, 6) is 0. The molecule has 2 atom stereocenters. The molecular weight excluding hydrogens is 164 g/mol. The number of ether oxygens (including phenoxy) is 1. The lowest BCUT2D eigenvalue weighted by atomic mass is 10.1. The van der Waals surface area contributed by atoms with Gasteiger partial charge in [0.1, 0.15) is 0 Å². The number of nitrogens with one attached hydrogen (secondary N) is 1. The van der Waals surface area contributed by atoms with Gasteiger partial charge < -0.3 is 15.0 Å². The summed E-state index contributed by atoms with van der Waals surface area (Å²) >= 11 is 0. The summed E-state index contributed by atoms with van der Waals surface area (Å²) in [6.07, 6.45) is 2.79. The molecule has 78 valence electrons. The van der Waals surface area contributed by atoms with Crippen LogP contribution in [-0.4, -0.2) is 50.8 Å². The molecule has 0 aromatic carbocycles. The quantitative estimate of drug-likeness (QED) is 0.640. The Hall–Kier alpha value is -0.120. The van der Waals surface area contributed by atoms with Crippen LogP contribution in [0.4, 0.5) is 0 Å². The smallest absolute Gasteiger partial charge is 0.0700 e. The Bertz CT molecular complexity index is 139. The summed E-state index contributed by atoms with van der Waals surface area (Å²) in [6, 6.07) is 0.585. The largest absolute Gasteiger partial charge is 0.377 e. The normalized spacial score (nSPS) is 28.6. The standard InChI is InChI=1S/C10H22N2O/c1-9-10(5-8-13-9)11-6-4-7-12(2)3/h9-11H,4-8H2,1-3H3/t9-,10+/m1/s1. The summed E-state index contributed by atoms with van der Waals surface area (Å²) in [6.45, 7) is 5.34. The number of nitrogens with zero attached hydrogens (tertiary/aromatic N) is 1. The van der Waals surface area contributed by atoms with Crippen molar-refractivity contribution in [3.05, 3.63) is 0 Å². The molecule has 1 heterocycles. The van der Waals surface area contributed by atoms with Crippen molar-refractivity contribution in [2.24, 2.45) is 0 Å². The molecule has 0 aromatic heterocycles. The van der Waals surface area contributed by atoms with Crippen LogP contribution >= 0.6 is 0 Å². The molecule has 0 radical (unpaired) electrons. The minimum atomic E-state index is 0.402. The molecule has 1 aliphatic rings. The molecule has 0 aromatic rings. The first-order chi connectivity index (χ1) is 6.20. The highest BCUT2D eigenvalue weighted by Gasteiger charge is 2.22. The van der Waals surface area contributed by atoms with Gasteiger partial charge in [-0.15, -0.1) is 0 Å². The molecule has 0 spiro atoms. The van der Waals surface area contributed by atoms with Crippen molar-refractivity contribution in [3.63, 3.8) is 0 Å². The summed E-state index contributed by atoms with van der Waals surface area (Å²) in [4.78, 5) is 2.22. The average Bonchev–Trinajstić information content (AvgIpc) is 2.45. The van der Waals surface area contributed by atoms with Gasteiger partial charge in [-0.1, -0.05) is 0 Å². The van der Waals surface area contributed by atoms with Gasteiger partial charge in [-0.05, 0) is 47.0 Å². The fourth-order valence-electron chi connectivity index (χ4n) is 1.68. The number of hydrogen-bond acceptors (Lipinski definition) is 3. The molecule has 1 rings (SSSR count). The predicted octanol–water partition coefficient (Wildman–Crippen LogP) is 0.705. The van der Waals surface area contributed by atoms with Crippen LogP contribution < -0.4 is 5.32 Å². The van der Waals surface area contributed by atoms with Crippen LogP contribution in [0, 0.1) is 0 Å². The fourth-order valence-corrected chi connectivity index (χ4v) is 1.68. The van der Waals surface area contributed by atoms with Gasteiger partial charge in [0.2, 0.25) is 0 Å². The zero-order chi connectivity index (χ0) is 9.68. The van der Waals surface area contributed by atoms with Crippen molar-refractivity contribution in [2.75, 3.05) is 33.8 Å². The van der Waals surface area contributed by atoms with Crippen LogP contribution in [0.5, 0.6) is 0 Å². The third-order valence-electron chi connectivity index (χ3n) is 2.56. The van der Waals surface area contributed by atoms with Crippen LogP contribution in [0.15, 0.2) is 0 Å². The first-order valence-corrected chi connectivity index (χ1v) is 5.20. The van der Waals surface area contributed by atoms with Crippen LogP contribution in [-0.2, 0) is 4.74 Å². The Labute approximate surface area is 81.4 Å². The van der Waals surface area contributed by atoms with E-state index in [1.54, 1.807) is 0 Å². The molecular formula is C10H22N2O. The number of rotatable bonds is 5. The van der Waals surface area contributed by atoms with E-state index in [2.05, 4.69) is 31.2 Å². The van der Waals surface area contributed by atoms with Crippen LogP contribution in [0.3, 0.4) is 0 Å². The maximum atomic E-state index is 5.47. The molecule has 0 unspecified atom stereocenters. The average molecular weight is 186 g/mol. The molecule has 3 nitrogen and oxygen atoms in total. The maximum Gasteiger partial charge on any atom is 0.0700 e. The van der Waals surface area contributed by atoms with Gasteiger partial charge in [-0.2, -0.15) is 0 Å². The first-order valence-electron chi connectivity index (χ1n) is 5.20. The molecule has 0 bridgehead atoms. The van der Waals surface area contributed by atoms with Gasteiger partial charge >= 0.3 is 0 Å². The Kier molecular flexibility index (Phi) is 4.70. The number of hydrogen-bond donors (Lipinski definition) is 1. The van der Waals surface area contributed by atoms with Crippen molar-refractivity contribution in [1.29, 1.82) is 0 Å². The third-order valence-corrected chi connectivity index (χ3v) is 2.56. The molecule has 0 aliphatic carbocycles. The molecule has 1 aliphatic heterocycles. The molecule has 0 amide bonds. The molecule has 13 heavy (non-hydrogen) atoms. The van der Waals surface area contributed by atoms with E-state index in [4.69, 9.17) is 4.74 Å². The van der Waals surface area contributed by atoms with E-state index in [1.807, 2.05) is 0 Å². The molecule has 1 saturated heterocycles. The monoisotopic (exact) mass is 186 g/mol. The van der Waals surface area contributed by atoms with E-state index in [0.717, 1.165) is 19.7 Å². The summed E-state index contributed by atoms with van der Waals surface area (Å²) < 4.78 is 5.47. The molecule has 0 saturated carbocycles. The van der Waals surface area contributed by atoms with Gasteiger partial charge in [-0.3, -0.25) is 0 Å². The maximum absolute atomic E-state index is 5.47. The van der Waals surface area contributed by atoms with E-state index < -0.39 is 0 Å². The summed E-state index contributed by atoms with van der Waals surface area (Å²) in [5.41, 5.74) is 0. The van der Waals surface area contributed by atoms with E-state index in [-0.39, 0.29) is 0 Å². The second-order valence-corrected chi connectivity index (χ2v) is 4.08. The lowest BCUT2D eigenvalue weighted by Gasteiger charge is -2.16. The van der Waals surface area contributed by atoms with Gasteiger partial charge in [0.25, 0.3) is 0 Å². The highest BCUT2D eigenvalue weighted by molar-refractivity contribution is 4.78. The van der Waals surface area contributed by atoms with Crippen molar-refractivity contribution >= 4 is 0 Å². The minimum Gasteiger partial charge on any atom is -0.377 e. The van der Waals surface area contributed by atoms with Crippen LogP contribution in [0.25, 0.3) is 0 Å². The Balaban J connectivity index is 1.99. The summed E-state index contributed by atoms with van der Waals surface area (Å²) in [7, 11) is 4.22. The van der Waals surface area contributed by atoms with E-state index in [0.29, 0.717) is 12.1 Å². The SMILES string of the molecule is C[C@H]1OCC[C@@H]1NCCCN(C)C. The lowest BCUT2D eigenvalue weighted by molar-refractivity contribution is 0.113. The van der Waals surface area contributed by atoms with Crippen molar-refractivity contribution in [1.82, 2.24) is 10.2 Å². The Morgan fingerprint density at radius 1 is 1.46 bits per heavy atom. The molecule has 1 fully saturated rings. The third kappa shape index (κ3) is 4.07. The second-order valence-electron chi connectivity index (χ2n) is 4.08. The second kappa shape index (κ2) is 5.58. The highest BCUT2D eigenvalue weighted by Crippen LogP contribution is 2.12. The Morgan fingerprint density at radius 2 is 2.23 bits per heavy atom. The van der Waals surface area contributed by atoms with Crippen LogP contribution in [0.2, 0.25) is 0 Å². The first kappa shape index (κ1) is 11.0. The predicted molar refractivity (Wildman–Crippen MR) is 55.0 cm³/mol. The van der Waals surface area contributed by atoms with Gasteiger partial charge in [-0.25, -0.2) is 0 Å². The van der Waals surface area contributed by atoms with E-state index >= 15 is 0 Å². The zero-order valence-corrected chi connectivity index (χ0v) is 9.05. The fraction of sp³-hybridized carbons (Fsp3) is 1.00. The van der Waals surface area contributed by atoms with Crippen LogP contribution in [0.1, 0.15) is 19.8 Å². The topological polar surface area (TPSA) is 24.5 Å². The van der Waals surface area contributed by atoms with Crippen molar-refractivity contribution < 1.29 is 4.74 Å². The Morgan fingerprint density at radius 3 is 2.77 bits per heavy atom. The molecule has 3 heteroatoms. The van der Waals surface area contributed by atoms with E-state index in [1.165, 1.54) is 12.8 Å². The molecule has 1 N–H and O–H groups in total. The highest BCUT2D eigenvalue weighted by atomic mass is 16.5. The van der Waals surface area contributed by atoms with Crippen molar-refractivity contribution in [3.8, 4) is 0 Å². The van der Waals surface area contributed by atoms with Gasteiger partial charge in [0, 0.05) is 12.6 Å². The lowest BCUT2D eigenvalue weighted by Crippen LogP contribution is -2.36. The zero-order valence-electron chi connectivity index (χ0n) is 9.05. The van der Waals surface area contributed by atoms with Gasteiger partial charge in [0.15, 0.2) is 0 Å². The van der Waals surface area contributed by atoms with Crippen molar-refractivity contribution in [2.45, 2.75) is 31.9 Å².